The number of nitrogens with zero attached hydrogens (tertiary/aromatic N) is 1. The first-order valence-electron chi connectivity index (χ1n) is 16.9. The lowest BCUT2D eigenvalue weighted by molar-refractivity contribution is -0.148. The highest BCUT2D eigenvalue weighted by Crippen LogP contribution is 2.66. The van der Waals surface area contributed by atoms with Gasteiger partial charge >= 0.3 is 12.1 Å². The van der Waals surface area contributed by atoms with Crippen molar-refractivity contribution >= 4 is 17.8 Å². The second-order valence-corrected chi connectivity index (χ2v) is 15.2. The minimum absolute atomic E-state index is 0.000982. The molecule has 1 amide bonds. The molecule has 4 fully saturated rings. The van der Waals surface area contributed by atoms with Gasteiger partial charge in [-0.05, 0) is 90.9 Å². The molecule has 1 aromatic rings. The maximum atomic E-state index is 14.1. The first kappa shape index (κ1) is 30.4. The molecule has 3 saturated carbocycles. The van der Waals surface area contributed by atoms with Gasteiger partial charge in [-0.25, -0.2) is 4.79 Å². The van der Waals surface area contributed by atoms with Crippen molar-refractivity contribution in [3.05, 3.63) is 47.5 Å². The zero-order valence-corrected chi connectivity index (χ0v) is 26.8. The fourth-order valence-corrected chi connectivity index (χ4v) is 10.6. The van der Waals surface area contributed by atoms with E-state index in [2.05, 4.69) is 33.8 Å². The number of piperidine rings is 1. The third kappa shape index (κ3) is 5.46. The van der Waals surface area contributed by atoms with Crippen molar-refractivity contribution in [2.75, 3.05) is 6.54 Å². The van der Waals surface area contributed by atoms with Gasteiger partial charge in [-0.1, -0.05) is 69.7 Å². The first-order valence-corrected chi connectivity index (χ1v) is 16.9. The number of carbonyl (C=O) groups excluding carboxylic acids is 3. The number of Topliss-reactive ketones (excluding diaryl/α,β-unsaturated/α-hetero) is 1. The highest BCUT2D eigenvalue weighted by molar-refractivity contribution is 5.85. The number of allylic oxidation sites excluding steroid dienone is 1. The summed E-state index contributed by atoms with van der Waals surface area (Å²) in [5.41, 5.74) is 2.55. The molecule has 4 aliphatic carbocycles. The van der Waals surface area contributed by atoms with E-state index >= 15 is 0 Å². The number of benzene rings is 1. The number of ether oxygens (including phenoxy) is 2. The zero-order valence-electron chi connectivity index (χ0n) is 26.8. The van der Waals surface area contributed by atoms with Gasteiger partial charge in [0.1, 0.15) is 18.5 Å². The van der Waals surface area contributed by atoms with Crippen LogP contribution in [0.25, 0.3) is 0 Å². The van der Waals surface area contributed by atoms with E-state index in [-0.39, 0.29) is 53.5 Å². The molecule has 1 aromatic carbocycles. The Morgan fingerprint density at radius 2 is 1.79 bits per heavy atom. The van der Waals surface area contributed by atoms with Gasteiger partial charge in [0.05, 0.1) is 0 Å². The lowest BCUT2D eigenvalue weighted by atomic mass is 9.47. The second kappa shape index (κ2) is 11.7. The van der Waals surface area contributed by atoms with Crippen LogP contribution in [-0.2, 0) is 25.7 Å². The lowest BCUT2D eigenvalue weighted by Gasteiger charge is -2.58. The molecule has 43 heavy (non-hydrogen) atoms. The number of carbonyl (C=O) groups is 3. The second-order valence-electron chi connectivity index (χ2n) is 15.2. The Labute approximate surface area is 257 Å². The SMILES string of the molecule is CC(=O)OC1CC[C@@]2(C)C(=CC[C@H]3[C@@H]4CC(=O)[C@H](C(C)C5CCC(C)CN5C(=O)OCc5ccccc5)[C@@]4(C)CC[C@@H]32)C1. The van der Waals surface area contributed by atoms with Crippen molar-refractivity contribution < 1.29 is 23.9 Å². The van der Waals surface area contributed by atoms with Crippen LogP contribution in [0.4, 0.5) is 4.79 Å². The van der Waals surface area contributed by atoms with Crippen LogP contribution >= 0.6 is 0 Å². The number of fused-ring (bicyclic) bond motifs is 5. The number of ketones is 1. The molecule has 6 heteroatoms. The zero-order chi connectivity index (χ0) is 30.5. The van der Waals surface area contributed by atoms with Gasteiger partial charge in [0.2, 0.25) is 0 Å². The molecule has 6 rings (SSSR count). The highest BCUT2D eigenvalue weighted by Gasteiger charge is 2.63. The van der Waals surface area contributed by atoms with Crippen LogP contribution in [0.1, 0.15) is 98.0 Å². The van der Waals surface area contributed by atoms with Crippen molar-refractivity contribution in [3.63, 3.8) is 0 Å². The van der Waals surface area contributed by atoms with E-state index in [1.54, 1.807) is 0 Å². The van der Waals surface area contributed by atoms with E-state index in [9.17, 15) is 14.4 Å². The van der Waals surface area contributed by atoms with Gasteiger partial charge in [0.15, 0.2) is 0 Å². The monoisotopic (exact) mass is 589 g/mol. The summed E-state index contributed by atoms with van der Waals surface area (Å²) in [6, 6.07) is 9.88. The maximum absolute atomic E-state index is 14.1. The molecule has 5 aliphatic rings. The predicted molar refractivity (Wildman–Crippen MR) is 166 cm³/mol. The molecular weight excluding hydrogens is 538 g/mol. The minimum atomic E-state index is -0.245. The van der Waals surface area contributed by atoms with Crippen molar-refractivity contribution in [3.8, 4) is 0 Å². The van der Waals surface area contributed by atoms with Gasteiger partial charge < -0.3 is 14.4 Å². The first-order chi connectivity index (χ1) is 20.5. The minimum Gasteiger partial charge on any atom is -0.462 e. The number of hydrogen-bond acceptors (Lipinski definition) is 5. The van der Waals surface area contributed by atoms with Gasteiger partial charge in [-0.15, -0.1) is 0 Å². The molecule has 4 unspecified atom stereocenters. The topological polar surface area (TPSA) is 72.9 Å². The summed E-state index contributed by atoms with van der Waals surface area (Å²) >= 11 is 0. The van der Waals surface area contributed by atoms with Crippen LogP contribution in [0.3, 0.4) is 0 Å². The molecule has 1 aliphatic heterocycles. The molecule has 0 aromatic heterocycles. The summed E-state index contributed by atoms with van der Waals surface area (Å²) in [5.74, 6) is 2.19. The summed E-state index contributed by atoms with van der Waals surface area (Å²) in [4.78, 5) is 41.2. The van der Waals surface area contributed by atoms with Crippen LogP contribution in [0, 0.1) is 46.3 Å². The maximum Gasteiger partial charge on any atom is 0.410 e. The number of hydrogen-bond donors (Lipinski definition) is 0. The Morgan fingerprint density at radius 3 is 2.53 bits per heavy atom. The van der Waals surface area contributed by atoms with Crippen LogP contribution in [0.15, 0.2) is 42.0 Å². The average molecular weight is 590 g/mol. The van der Waals surface area contributed by atoms with Crippen molar-refractivity contribution in [2.45, 2.75) is 111 Å². The Balaban J connectivity index is 1.19. The van der Waals surface area contributed by atoms with E-state index in [4.69, 9.17) is 9.47 Å². The quantitative estimate of drug-likeness (QED) is 0.259. The molecule has 6 nitrogen and oxygen atoms in total. The van der Waals surface area contributed by atoms with Gasteiger partial charge in [-0.2, -0.15) is 0 Å². The van der Waals surface area contributed by atoms with E-state index in [1.807, 2.05) is 35.2 Å². The summed E-state index contributed by atoms with van der Waals surface area (Å²) in [7, 11) is 0. The molecule has 0 radical (unpaired) electrons. The average Bonchev–Trinajstić information content (AvgIpc) is 3.25. The van der Waals surface area contributed by atoms with E-state index in [0.717, 1.165) is 56.9 Å². The van der Waals surface area contributed by atoms with Crippen LogP contribution in [0.5, 0.6) is 0 Å². The number of likely N-dealkylation sites (tertiary alicyclic amines) is 1. The Bertz CT molecular complexity index is 1260. The third-order valence-corrected chi connectivity index (χ3v) is 12.7. The number of rotatable bonds is 5. The Morgan fingerprint density at radius 1 is 1.02 bits per heavy atom. The smallest absolute Gasteiger partial charge is 0.410 e. The van der Waals surface area contributed by atoms with Crippen LogP contribution in [-0.4, -0.2) is 41.4 Å². The Kier molecular flexibility index (Phi) is 8.27. The summed E-state index contributed by atoms with van der Waals surface area (Å²) in [6.07, 6.45) is 10.9. The fourth-order valence-electron chi connectivity index (χ4n) is 10.6. The molecule has 1 saturated heterocycles. The van der Waals surface area contributed by atoms with E-state index in [0.29, 0.717) is 42.4 Å². The molecule has 0 bridgehead atoms. The van der Waals surface area contributed by atoms with Gasteiger partial charge in [-0.3, -0.25) is 9.59 Å². The standard InChI is InChI=1S/C37H51NO5/c1-23-11-14-32(38(21-23)35(41)42-22-26-9-7-6-8-10-26)24(2)34-33(40)20-31-29-13-12-27-19-28(43-25(3)39)15-17-36(27,4)30(29)16-18-37(31,34)5/h6-10,12,23-24,28-32,34H,11,13-22H2,1-5H3/t23?,24?,28?,29-,30+,31+,32?,34+,36+,37+/m1/s1. The molecule has 0 spiro atoms. The fraction of sp³-hybridized carbons (Fsp3) is 0.703. The van der Waals surface area contributed by atoms with Crippen LogP contribution < -0.4 is 0 Å². The predicted octanol–water partition coefficient (Wildman–Crippen LogP) is 7.75. The summed E-state index contributed by atoms with van der Waals surface area (Å²) in [5, 5.41) is 0. The molecule has 10 atom stereocenters. The van der Waals surface area contributed by atoms with Crippen molar-refractivity contribution in [1.29, 1.82) is 0 Å². The summed E-state index contributed by atoms with van der Waals surface area (Å²) < 4.78 is 11.5. The van der Waals surface area contributed by atoms with Crippen molar-refractivity contribution in [2.24, 2.45) is 46.3 Å². The third-order valence-electron chi connectivity index (χ3n) is 12.7. The largest absolute Gasteiger partial charge is 0.462 e. The van der Waals surface area contributed by atoms with Gasteiger partial charge in [0.25, 0.3) is 0 Å². The van der Waals surface area contributed by atoms with Gasteiger partial charge in [0, 0.05) is 38.3 Å². The highest BCUT2D eigenvalue weighted by atomic mass is 16.6. The lowest BCUT2D eigenvalue weighted by Crippen LogP contribution is -2.55. The van der Waals surface area contributed by atoms with Crippen LogP contribution in [0.2, 0.25) is 0 Å². The number of esters is 1. The molecular formula is C37H51NO5. The molecule has 1 heterocycles. The normalized spacial score (nSPS) is 39.6. The number of amides is 1. The Hall–Kier alpha value is -2.63. The van der Waals surface area contributed by atoms with E-state index in [1.165, 1.54) is 12.5 Å². The summed E-state index contributed by atoms with van der Waals surface area (Å²) in [6.45, 7) is 11.8. The molecule has 0 N–H and O–H groups in total. The van der Waals surface area contributed by atoms with Crippen molar-refractivity contribution in [1.82, 2.24) is 4.90 Å². The van der Waals surface area contributed by atoms with E-state index < -0.39 is 0 Å². The molecule has 234 valence electrons.